The Bertz CT molecular complexity index is 731. The van der Waals surface area contributed by atoms with E-state index in [9.17, 15) is 4.79 Å². The molecule has 3 heterocycles. The minimum absolute atomic E-state index is 0.258. The number of hydrogen-bond donors (Lipinski definition) is 2. The molecule has 0 aromatic carbocycles. The summed E-state index contributed by atoms with van der Waals surface area (Å²) in [6, 6.07) is 7.15. The number of carbonyl (C=O) groups excluding carboxylic acids is 1. The minimum Gasteiger partial charge on any atom is -0.478 e. The molecule has 138 valence electrons. The van der Waals surface area contributed by atoms with Crippen LogP contribution in [0.2, 0.25) is 0 Å². The first kappa shape index (κ1) is 18.0. The summed E-state index contributed by atoms with van der Waals surface area (Å²) in [5.41, 5.74) is 1.67. The fraction of sp³-hybridized carbons (Fsp3) is 0.421. The molecular formula is C19H25N5O2. The summed E-state index contributed by atoms with van der Waals surface area (Å²) in [5, 5.41) is 5.77. The summed E-state index contributed by atoms with van der Waals surface area (Å²) >= 11 is 0. The summed E-state index contributed by atoms with van der Waals surface area (Å²) in [6.45, 7) is 5.03. The van der Waals surface area contributed by atoms with Gasteiger partial charge in [-0.2, -0.15) is 0 Å². The topological polar surface area (TPSA) is 79.4 Å². The number of hydrogen-bond acceptors (Lipinski definition) is 5. The van der Waals surface area contributed by atoms with Gasteiger partial charge in [-0.25, -0.2) is 14.8 Å². The molecule has 0 aliphatic carbocycles. The van der Waals surface area contributed by atoms with Gasteiger partial charge in [-0.05, 0) is 43.0 Å². The van der Waals surface area contributed by atoms with E-state index in [0.29, 0.717) is 19.0 Å². The number of anilines is 2. The maximum Gasteiger partial charge on any atom is 0.319 e. The molecule has 26 heavy (non-hydrogen) atoms. The van der Waals surface area contributed by atoms with Crippen molar-refractivity contribution in [2.45, 2.75) is 32.7 Å². The van der Waals surface area contributed by atoms with E-state index in [0.717, 1.165) is 49.4 Å². The molecular weight excluding hydrogens is 330 g/mol. The Morgan fingerprint density at radius 3 is 2.88 bits per heavy atom. The van der Waals surface area contributed by atoms with Crippen molar-refractivity contribution >= 4 is 17.5 Å². The van der Waals surface area contributed by atoms with Gasteiger partial charge < -0.3 is 20.3 Å². The smallest absolute Gasteiger partial charge is 0.319 e. The summed E-state index contributed by atoms with van der Waals surface area (Å²) in [4.78, 5) is 23.1. The van der Waals surface area contributed by atoms with Gasteiger partial charge in [0.1, 0.15) is 0 Å². The molecule has 0 unspecified atom stereocenters. The average molecular weight is 355 g/mol. The van der Waals surface area contributed by atoms with Crippen LogP contribution in [0.1, 0.15) is 31.7 Å². The molecule has 1 aliphatic rings. The second-order valence-electron chi connectivity index (χ2n) is 6.23. The van der Waals surface area contributed by atoms with Crippen molar-refractivity contribution in [1.29, 1.82) is 0 Å². The van der Waals surface area contributed by atoms with Crippen LogP contribution in [-0.2, 0) is 6.54 Å². The van der Waals surface area contributed by atoms with Crippen molar-refractivity contribution < 1.29 is 9.53 Å². The quantitative estimate of drug-likeness (QED) is 0.797. The monoisotopic (exact) mass is 355 g/mol. The number of amides is 2. The highest BCUT2D eigenvalue weighted by molar-refractivity contribution is 5.92. The SMILES string of the molecule is CCCOc1cc(CNC(=O)Nc2cccnc2N2CCCC2)ccn1. The van der Waals surface area contributed by atoms with Gasteiger partial charge in [-0.1, -0.05) is 6.92 Å². The summed E-state index contributed by atoms with van der Waals surface area (Å²) in [5.74, 6) is 1.41. The van der Waals surface area contributed by atoms with Gasteiger partial charge in [0.15, 0.2) is 5.82 Å². The second-order valence-corrected chi connectivity index (χ2v) is 6.23. The lowest BCUT2D eigenvalue weighted by Gasteiger charge is -2.20. The van der Waals surface area contributed by atoms with Crippen LogP contribution in [0.15, 0.2) is 36.7 Å². The summed E-state index contributed by atoms with van der Waals surface area (Å²) < 4.78 is 5.52. The Labute approximate surface area is 153 Å². The Morgan fingerprint density at radius 1 is 1.23 bits per heavy atom. The number of aromatic nitrogens is 2. The van der Waals surface area contributed by atoms with Crippen LogP contribution in [0.4, 0.5) is 16.3 Å². The van der Waals surface area contributed by atoms with Crippen LogP contribution < -0.4 is 20.3 Å². The highest BCUT2D eigenvalue weighted by Gasteiger charge is 2.17. The van der Waals surface area contributed by atoms with Crippen LogP contribution >= 0.6 is 0 Å². The largest absolute Gasteiger partial charge is 0.478 e. The van der Waals surface area contributed by atoms with Crippen molar-refractivity contribution in [2.24, 2.45) is 0 Å². The molecule has 2 aromatic rings. The van der Waals surface area contributed by atoms with Gasteiger partial charge in [0.05, 0.1) is 12.3 Å². The zero-order valence-corrected chi connectivity index (χ0v) is 15.1. The third-order valence-electron chi connectivity index (χ3n) is 4.15. The molecule has 0 saturated carbocycles. The zero-order valence-electron chi connectivity index (χ0n) is 15.1. The average Bonchev–Trinajstić information content (AvgIpc) is 3.20. The van der Waals surface area contributed by atoms with E-state index < -0.39 is 0 Å². The predicted molar refractivity (Wildman–Crippen MR) is 102 cm³/mol. The van der Waals surface area contributed by atoms with Crippen molar-refractivity contribution in [3.8, 4) is 5.88 Å². The normalized spacial score (nSPS) is 13.5. The van der Waals surface area contributed by atoms with E-state index in [-0.39, 0.29) is 6.03 Å². The first-order valence-corrected chi connectivity index (χ1v) is 9.09. The standard InChI is InChI=1S/C19H25N5O2/c1-2-12-26-17-13-15(7-9-20-17)14-22-19(25)23-16-6-5-8-21-18(16)24-10-3-4-11-24/h5-9,13H,2-4,10-12,14H2,1H3,(H2,22,23,25). The molecule has 2 aromatic heterocycles. The van der Waals surface area contributed by atoms with E-state index in [1.165, 1.54) is 0 Å². The highest BCUT2D eigenvalue weighted by atomic mass is 16.5. The van der Waals surface area contributed by atoms with Crippen molar-refractivity contribution in [3.63, 3.8) is 0 Å². The molecule has 0 spiro atoms. The first-order chi connectivity index (χ1) is 12.8. The fourth-order valence-corrected chi connectivity index (χ4v) is 2.87. The van der Waals surface area contributed by atoms with Gasteiger partial charge in [0.2, 0.25) is 5.88 Å². The van der Waals surface area contributed by atoms with Gasteiger partial charge >= 0.3 is 6.03 Å². The van der Waals surface area contributed by atoms with Crippen LogP contribution in [-0.4, -0.2) is 35.7 Å². The van der Waals surface area contributed by atoms with E-state index in [4.69, 9.17) is 4.74 Å². The predicted octanol–water partition coefficient (Wildman–Crippen LogP) is 3.19. The highest BCUT2D eigenvalue weighted by Crippen LogP contribution is 2.25. The van der Waals surface area contributed by atoms with Gasteiger partial charge in [-0.3, -0.25) is 0 Å². The Morgan fingerprint density at radius 2 is 2.08 bits per heavy atom. The number of nitrogens with one attached hydrogen (secondary N) is 2. The lowest BCUT2D eigenvalue weighted by molar-refractivity contribution is 0.251. The molecule has 1 saturated heterocycles. The van der Waals surface area contributed by atoms with E-state index in [2.05, 4.69) is 25.5 Å². The molecule has 3 rings (SSSR count). The molecule has 2 N–H and O–H groups in total. The third-order valence-corrected chi connectivity index (χ3v) is 4.15. The number of rotatable bonds is 7. The lowest BCUT2D eigenvalue weighted by Crippen LogP contribution is -2.29. The molecule has 2 amide bonds. The summed E-state index contributed by atoms with van der Waals surface area (Å²) in [6.07, 6.45) is 6.69. The van der Waals surface area contributed by atoms with E-state index in [1.54, 1.807) is 12.4 Å². The number of nitrogens with zero attached hydrogens (tertiary/aromatic N) is 3. The molecule has 7 nitrogen and oxygen atoms in total. The molecule has 1 aliphatic heterocycles. The van der Waals surface area contributed by atoms with Crippen molar-refractivity contribution in [3.05, 3.63) is 42.2 Å². The Balaban J connectivity index is 1.56. The third kappa shape index (κ3) is 4.84. The molecule has 0 radical (unpaired) electrons. The van der Waals surface area contributed by atoms with E-state index in [1.807, 2.05) is 31.2 Å². The fourth-order valence-electron chi connectivity index (χ4n) is 2.87. The number of carbonyl (C=O) groups is 1. The van der Waals surface area contributed by atoms with Gasteiger partial charge in [0, 0.05) is 38.1 Å². The molecule has 0 bridgehead atoms. The Kier molecular flexibility index (Phi) is 6.24. The van der Waals surface area contributed by atoms with Crippen LogP contribution in [0.3, 0.4) is 0 Å². The minimum atomic E-state index is -0.258. The number of ether oxygens (including phenoxy) is 1. The lowest BCUT2D eigenvalue weighted by atomic mass is 10.2. The molecule has 7 heteroatoms. The Hall–Kier alpha value is -2.83. The second kappa shape index (κ2) is 9.03. The van der Waals surface area contributed by atoms with Crippen LogP contribution in [0, 0.1) is 0 Å². The molecule has 1 fully saturated rings. The van der Waals surface area contributed by atoms with Crippen LogP contribution in [0.5, 0.6) is 5.88 Å². The number of urea groups is 1. The van der Waals surface area contributed by atoms with Crippen molar-refractivity contribution in [1.82, 2.24) is 15.3 Å². The number of pyridine rings is 2. The van der Waals surface area contributed by atoms with Crippen LogP contribution in [0.25, 0.3) is 0 Å². The molecule has 0 atom stereocenters. The maximum absolute atomic E-state index is 12.3. The maximum atomic E-state index is 12.3. The van der Waals surface area contributed by atoms with E-state index >= 15 is 0 Å². The zero-order chi connectivity index (χ0) is 18.2. The van der Waals surface area contributed by atoms with Gasteiger partial charge in [0.25, 0.3) is 0 Å². The van der Waals surface area contributed by atoms with Crippen molar-refractivity contribution in [2.75, 3.05) is 29.9 Å². The van der Waals surface area contributed by atoms with Gasteiger partial charge in [-0.15, -0.1) is 0 Å². The first-order valence-electron chi connectivity index (χ1n) is 9.09. The summed E-state index contributed by atoms with van der Waals surface area (Å²) in [7, 11) is 0.